The predicted molar refractivity (Wildman–Crippen MR) is 103 cm³/mol. The maximum absolute atomic E-state index is 12.3. The Labute approximate surface area is 194 Å². The van der Waals surface area contributed by atoms with Gasteiger partial charge in [-0.2, -0.15) is 0 Å². The number of fused-ring (bicyclic) bond motifs is 1. The van der Waals surface area contributed by atoms with Crippen LogP contribution in [0, 0.1) is 0 Å². The third-order valence-corrected chi connectivity index (χ3v) is 3.88. The van der Waals surface area contributed by atoms with Crippen molar-refractivity contribution in [3.8, 4) is 5.75 Å². The van der Waals surface area contributed by atoms with E-state index >= 15 is 0 Å². The summed E-state index contributed by atoms with van der Waals surface area (Å²) in [4.78, 5) is 43.9. The van der Waals surface area contributed by atoms with Gasteiger partial charge in [-0.15, -0.1) is 0 Å². The molecule has 30 heavy (non-hydrogen) atoms. The van der Waals surface area contributed by atoms with Gasteiger partial charge in [0.25, 0.3) is 5.91 Å². The van der Waals surface area contributed by atoms with Crippen LogP contribution in [0.5, 0.6) is 5.75 Å². The van der Waals surface area contributed by atoms with Crippen molar-refractivity contribution >= 4 is 34.6 Å². The van der Waals surface area contributed by atoms with Crippen molar-refractivity contribution in [2.24, 2.45) is 0 Å². The zero-order valence-electron chi connectivity index (χ0n) is 16.5. The topological polar surface area (TPSA) is 133 Å². The first-order chi connectivity index (χ1) is 14.0. The quantitative estimate of drug-likeness (QED) is 0.480. The second-order valence-corrected chi connectivity index (χ2v) is 6.01. The first-order valence-electron chi connectivity index (χ1n) is 8.79. The van der Waals surface area contributed by atoms with Gasteiger partial charge in [-0.3, -0.25) is 20.1 Å². The van der Waals surface area contributed by atoms with Crippen molar-refractivity contribution in [3.63, 3.8) is 0 Å². The Bertz CT molecular complexity index is 1090. The molecule has 0 aliphatic heterocycles. The number of carboxylic acid groups (broad SMARTS) is 1. The molecule has 148 valence electrons. The van der Waals surface area contributed by atoms with Crippen LogP contribution in [0.4, 0.5) is 10.5 Å². The van der Waals surface area contributed by atoms with Crippen molar-refractivity contribution in [3.05, 3.63) is 59.9 Å². The smallest absolute Gasteiger partial charge is 0.545 e. The summed E-state index contributed by atoms with van der Waals surface area (Å²) in [5.74, 6) is -1.94. The number of hydrogen-bond donors (Lipinski definition) is 2. The standard InChI is InChI=1S/C20H18N4O5.Na/c1-2-9-29-17-11-13(4-5-14(17)19(26)27)23-20(28)24-18(25)12-3-6-15-16(10-12)22-8-7-21-15;/h3-8,10-11H,2,9H2,1H3,(H,26,27)(H2,23,24,25,28);/q;+1/p-1. The van der Waals surface area contributed by atoms with Gasteiger partial charge in [-0.25, -0.2) is 4.79 Å². The average molecular weight is 416 g/mol. The molecular formula is C20H17N4NaO5. The van der Waals surface area contributed by atoms with E-state index in [-0.39, 0.29) is 52.1 Å². The molecular weight excluding hydrogens is 399 g/mol. The molecule has 10 heteroatoms. The summed E-state index contributed by atoms with van der Waals surface area (Å²) in [5, 5.41) is 15.8. The minimum absolute atomic E-state index is 0. The van der Waals surface area contributed by atoms with Gasteiger partial charge in [-0.1, -0.05) is 6.92 Å². The molecule has 3 rings (SSSR count). The number of carboxylic acids is 1. The summed E-state index contributed by atoms with van der Waals surface area (Å²) >= 11 is 0. The minimum atomic E-state index is -1.39. The van der Waals surface area contributed by atoms with E-state index in [9.17, 15) is 19.5 Å². The molecule has 2 N–H and O–H groups in total. The third-order valence-electron chi connectivity index (χ3n) is 3.88. The molecule has 1 aromatic heterocycles. The Kier molecular flexibility index (Phi) is 8.28. The Morgan fingerprint density at radius 2 is 1.77 bits per heavy atom. The van der Waals surface area contributed by atoms with Gasteiger partial charge in [0, 0.05) is 35.3 Å². The first kappa shape index (κ1) is 23.3. The minimum Gasteiger partial charge on any atom is -0.545 e. The Hall–Kier alpha value is -3.01. The Morgan fingerprint density at radius 3 is 2.47 bits per heavy atom. The van der Waals surface area contributed by atoms with Crippen molar-refractivity contribution in [1.29, 1.82) is 0 Å². The van der Waals surface area contributed by atoms with E-state index < -0.39 is 17.9 Å². The van der Waals surface area contributed by atoms with Gasteiger partial charge in [0.2, 0.25) is 0 Å². The number of amides is 3. The molecule has 0 spiro atoms. The Balaban J connectivity index is 0.00000320. The largest absolute Gasteiger partial charge is 1.00 e. The second-order valence-electron chi connectivity index (χ2n) is 6.01. The third kappa shape index (κ3) is 5.76. The number of hydrogen-bond acceptors (Lipinski definition) is 7. The van der Waals surface area contributed by atoms with Crippen molar-refractivity contribution in [1.82, 2.24) is 15.3 Å². The van der Waals surface area contributed by atoms with Crippen LogP contribution >= 0.6 is 0 Å². The number of aromatic nitrogens is 2. The maximum Gasteiger partial charge on any atom is 1.00 e. The number of ether oxygens (including phenoxy) is 1. The fourth-order valence-corrected chi connectivity index (χ4v) is 2.54. The van der Waals surface area contributed by atoms with Crippen molar-refractivity contribution in [2.75, 3.05) is 11.9 Å². The first-order valence-corrected chi connectivity index (χ1v) is 8.79. The number of carbonyl (C=O) groups is 3. The summed E-state index contributed by atoms with van der Waals surface area (Å²) < 4.78 is 5.39. The number of benzene rings is 2. The number of nitrogens with one attached hydrogen (secondary N) is 2. The van der Waals surface area contributed by atoms with Crippen LogP contribution in [0.2, 0.25) is 0 Å². The Morgan fingerprint density at radius 1 is 1.03 bits per heavy atom. The number of anilines is 1. The molecule has 0 aliphatic rings. The zero-order chi connectivity index (χ0) is 20.8. The number of aromatic carboxylic acids is 1. The predicted octanol–water partition coefficient (Wildman–Crippen LogP) is -1.25. The average Bonchev–Trinajstić information content (AvgIpc) is 2.71. The van der Waals surface area contributed by atoms with Crippen molar-refractivity contribution in [2.45, 2.75) is 13.3 Å². The summed E-state index contributed by atoms with van der Waals surface area (Å²) in [6.45, 7) is 2.18. The molecule has 0 saturated heterocycles. The normalized spacial score (nSPS) is 10.0. The molecule has 0 fully saturated rings. The van der Waals surface area contributed by atoms with Crippen LogP contribution in [-0.4, -0.2) is 34.5 Å². The van der Waals surface area contributed by atoms with Crippen LogP contribution in [0.3, 0.4) is 0 Å². The van der Waals surface area contributed by atoms with Crippen LogP contribution < -0.4 is 50.0 Å². The molecule has 3 aromatic rings. The molecule has 1 heterocycles. The van der Waals surface area contributed by atoms with Crippen LogP contribution in [0.1, 0.15) is 34.1 Å². The number of rotatable bonds is 6. The molecule has 0 saturated carbocycles. The van der Waals surface area contributed by atoms with E-state index in [0.29, 0.717) is 24.1 Å². The summed E-state index contributed by atoms with van der Waals surface area (Å²) in [5.41, 5.74) is 1.53. The van der Waals surface area contributed by atoms with Crippen molar-refractivity contribution < 1.29 is 53.8 Å². The number of urea groups is 1. The van der Waals surface area contributed by atoms with Gasteiger partial charge in [0.15, 0.2) is 0 Å². The fraction of sp³-hybridized carbons (Fsp3) is 0.150. The maximum atomic E-state index is 12.3. The fourth-order valence-electron chi connectivity index (χ4n) is 2.54. The molecule has 9 nitrogen and oxygen atoms in total. The molecule has 0 bridgehead atoms. The van der Waals surface area contributed by atoms with E-state index in [1.807, 2.05) is 6.92 Å². The van der Waals surface area contributed by atoms with E-state index in [1.165, 1.54) is 36.5 Å². The SMILES string of the molecule is CCCOc1cc(NC(=O)NC(=O)c2ccc3nccnc3c2)ccc1C(=O)[O-].[Na+]. The molecule has 0 unspecified atom stereocenters. The summed E-state index contributed by atoms with van der Waals surface area (Å²) in [7, 11) is 0. The number of nitrogens with zero attached hydrogens (tertiary/aromatic N) is 2. The monoisotopic (exact) mass is 416 g/mol. The molecule has 0 atom stereocenters. The van der Waals surface area contributed by atoms with Gasteiger partial charge in [0.1, 0.15) is 5.75 Å². The van der Waals surface area contributed by atoms with E-state index in [1.54, 1.807) is 12.3 Å². The van der Waals surface area contributed by atoms with E-state index in [2.05, 4.69) is 20.6 Å². The molecule has 2 aromatic carbocycles. The molecule has 0 radical (unpaired) electrons. The number of imide groups is 1. The van der Waals surface area contributed by atoms with Crippen LogP contribution in [0.15, 0.2) is 48.8 Å². The van der Waals surface area contributed by atoms with E-state index in [4.69, 9.17) is 4.74 Å². The zero-order valence-corrected chi connectivity index (χ0v) is 18.5. The van der Waals surface area contributed by atoms with Crippen LogP contribution in [0.25, 0.3) is 11.0 Å². The molecule has 0 aliphatic carbocycles. The van der Waals surface area contributed by atoms with E-state index in [0.717, 1.165) is 0 Å². The number of carbonyl (C=O) groups excluding carboxylic acids is 3. The summed E-state index contributed by atoms with van der Waals surface area (Å²) in [6, 6.07) is 7.90. The summed E-state index contributed by atoms with van der Waals surface area (Å²) in [6.07, 6.45) is 3.72. The van der Waals surface area contributed by atoms with Gasteiger partial charge in [-0.05, 0) is 36.8 Å². The molecule has 3 amide bonds. The van der Waals surface area contributed by atoms with Gasteiger partial charge >= 0.3 is 35.6 Å². The van der Waals surface area contributed by atoms with Crippen LogP contribution in [-0.2, 0) is 0 Å². The second kappa shape index (κ2) is 10.7. The van der Waals surface area contributed by atoms with Gasteiger partial charge in [0.05, 0.1) is 23.6 Å². The van der Waals surface area contributed by atoms with Gasteiger partial charge < -0.3 is 20.0 Å².